The van der Waals surface area contributed by atoms with Crippen LogP contribution in [0.5, 0.6) is 0 Å². The van der Waals surface area contributed by atoms with E-state index in [1.54, 1.807) is 6.29 Å². The minimum Gasteiger partial charge on any atom is -0.291 e. The van der Waals surface area contributed by atoms with Crippen LogP contribution < -0.4 is 0 Å². The lowest BCUT2D eigenvalue weighted by atomic mass is 10.2. The predicted octanol–water partition coefficient (Wildman–Crippen LogP) is 0.572. The van der Waals surface area contributed by atoms with E-state index in [1.807, 2.05) is 0 Å². The van der Waals surface area contributed by atoms with E-state index in [0.29, 0.717) is 11.5 Å². The van der Waals surface area contributed by atoms with Crippen molar-refractivity contribution in [2.24, 2.45) is 5.92 Å². The highest BCUT2D eigenvalue weighted by atomic mass is 32.1. The molecule has 7 heavy (non-hydrogen) atoms. The first kappa shape index (κ1) is 7.37. The van der Waals surface area contributed by atoms with Crippen molar-refractivity contribution in [3.8, 4) is 0 Å². The summed E-state index contributed by atoms with van der Waals surface area (Å²) in [6.07, 6.45) is 1.80. The Morgan fingerprint density at radius 3 is 1.86 bits per heavy atom. The molecule has 0 aliphatic carbocycles. The van der Waals surface area contributed by atoms with Gasteiger partial charge in [-0.15, -0.1) is 0 Å². The molecule has 0 aromatic heterocycles. The first-order chi connectivity index (χ1) is 3.35. The van der Waals surface area contributed by atoms with Gasteiger partial charge in [-0.3, -0.25) is 4.79 Å². The molecule has 0 saturated carbocycles. The minimum absolute atomic E-state index is 0.0910. The zero-order valence-corrected chi connectivity index (χ0v) is 5.58. The zero-order chi connectivity index (χ0) is 5.70. The number of hydrogen-bond acceptors (Lipinski definition) is 3. The average Bonchev–Trinajstić information content (AvgIpc) is 1.72. The summed E-state index contributed by atoms with van der Waals surface area (Å²) in [5, 5.41) is 0. The molecule has 1 nitrogen and oxygen atoms in total. The summed E-state index contributed by atoms with van der Waals surface area (Å²) in [7, 11) is 0. The lowest BCUT2D eigenvalue weighted by Crippen LogP contribution is -2.04. The molecule has 0 spiro atoms. The van der Waals surface area contributed by atoms with Gasteiger partial charge < -0.3 is 0 Å². The van der Waals surface area contributed by atoms with Crippen LogP contribution in [0.25, 0.3) is 0 Å². The molecule has 0 amide bonds. The van der Waals surface area contributed by atoms with Gasteiger partial charge >= 0.3 is 0 Å². The van der Waals surface area contributed by atoms with Gasteiger partial charge in [0.25, 0.3) is 0 Å². The Labute approximate surface area is 54.3 Å². The van der Waals surface area contributed by atoms with Crippen molar-refractivity contribution in [3.05, 3.63) is 0 Å². The van der Waals surface area contributed by atoms with Crippen molar-refractivity contribution < 1.29 is 4.79 Å². The minimum atomic E-state index is -0.0910. The normalized spacial score (nSPS) is 9.57. The average molecular weight is 135 g/mol. The molecule has 0 N–H and O–H groups in total. The van der Waals surface area contributed by atoms with Crippen molar-refractivity contribution in [2.45, 2.75) is 0 Å². The molecule has 0 rings (SSSR count). The fourth-order valence-corrected chi connectivity index (χ4v) is 0.743. The SMILES string of the molecule is O=[C]C(CS)CS. The molecular weight excluding hydrogens is 128 g/mol. The Kier molecular flexibility index (Phi) is 4.77. The van der Waals surface area contributed by atoms with Gasteiger partial charge in [-0.2, -0.15) is 25.3 Å². The third kappa shape index (κ3) is 3.00. The molecule has 0 atom stereocenters. The van der Waals surface area contributed by atoms with Crippen molar-refractivity contribution in [3.63, 3.8) is 0 Å². The Morgan fingerprint density at radius 2 is 1.86 bits per heavy atom. The molecule has 0 fully saturated rings. The largest absolute Gasteiger partial charge is 0.291 e. The van der Waals surface area contributed by atoms with E-state index in [0.717, 1.165) is 0 Å². The van der Waals surface area contributed by atoms with Crippen LogP contribution in [0, 0.1) is 5.92 Å². The number of carbonyl (C=O) groups excluding carboxylic acids is 1. The van der Waals surface area contributed by atoms with Gasteiger partial charge in [0.05, 0.1) is 0 Å². The topological polar surface area (TPSA) is 17.1 Å². The van der Waals surface area contributed by atoms with E-state index in [-0.39, 0.29) is 5.92 Å². The van der Waals surface area contributed by atoms with E-state index < -0.39 is 0 Å². The van der Waals surface area contributed by atoms with Gasteiger partial charge in [-0.05, 0) is 0 Å². The Bertz CT molecular complexity index is 51.7. The lowest BCUT2D eigenvalue weighted by Gasteiger charge is -1.95. The number of hydrogen-bond donors (Lipinski definition) is 2. The van der Waals surface area contributed by atoms with Gasteiger partial charge in [0.2, 0.25) is 6.29 Å². The first-order valence-corrected chi connectivity index (χ1v) is 3.21. The van der Waals surface area contributed by atoms with Crippen LogP contribution in [0.15, 0.2) is 0 Å². The molecule has 0 saturated heterocycles. The standard InChI is InChI=1S/C4H7OS2/c5-1-4(2-6)3-7/h4,6-7H,2-3H2. The summed E-state index contributed by atoms with van der Waals surface area (Å²) in [6.45, 7) is 0. The summed E-state index contributed by atoms with van der Waals surface area (Å²) in [5.74, 6) is 1.01. The molecule has 0 aromatic rings. The number of rotatable bonds is 3. The molecular formula is C4H7OS2. The lowest BCUT2D eigenvalue weighted by molar-refractivity contribution is 0.539. The summed E-state index contributed by atoms with van der Waals surface area (Å²) in [5.41, 5.74) is 0. The number of thiol groups is 2. The van der Waals surface area contributed by atoms with E-state index in [4.69, 9.17) is 0 Å². The van der Waals surface area contributed by atoms with Gasteiger partial charge in [0.15, 0.2) is 0 Å². The highest BCUT2D eigenvalue weighted by Gasteiger charge is 1.99. The fourth-order valence-electron chi connectivity index (χ4n) is 0.132. The van der Waals surface area contributed by atoms with Gasteiger partial charge in [-0.1, -0.05) is 0 Å². The summed E-state index contributed by atoms with van der Waals surface area (Å²) in [4.78, 5) is 9.74. The molecule has 3 heteroatoms. The summed E-state index contributed by atoms with van der Waals surface area (Å²) in [6, 6.07) is 0. The summed E-state index contributed by atoms with van der Waals surface area (Å²) >= 11 is 7.73. The maximum absolute atomic E-state index is 9.74. The predicted molar refractivity (Wildman–Crippen MR) is 36.9 cm³/mol. The second-order valence-corrected chi connectivity index (χ2v) is 1.91. The molecule has 0 aromatic carbocycles. The summed E-state index contributed by atoms with van der Waals surface area (Å²) < 4.78 is 0. The van der Waals surface area contributed by atoms with E-state index in [1.165, 1.54) is 0 Å². The second-order valence-electron chi connectivity index (χ2n) is 1.18. The van der Waals surface area contributed by atoms with Gasteiger partial charge in [-0.25, -0.2) is 0 Å². The van der Waals surface area contributed by atoms with Crippen LogP contribution in [0.4, 0.5) is 0 Å². The maximum atomic E-state index is 9.74. The molecule has 0 unspecified atom stereocenters. The van der Waals surface area contributed by atoms with Crippen LogP contribution in [0.3, 0.4) is 0 Å². The Morgan fingerprint density at radius 1 is 1.43 bits per heavy atom. The maximum Gasteiger partial charge on any atom is 0.203 e. The van der Waals surface area contributed by atoms with Crippen LogP contribution in [0.1, 0.15) is 0 Å². The Balaban J connectivity index is 3.16. The highest BCUT2D eigenvalue weighted by molar-refractivity contribution is 7.81. The molecule has 0 aliphatic heterocycles. The monoisotopic (exact) mass is 135 g/mol. The zero-order valence-electron chi connectivity index (χ0n) is 3.79. The third-order valence-electron chi connectivity index (χ3n) is 0.607. The first-order valence-electron chi connectivity index (χ1n) is 1.94. The van der Waals surface area contributed by atoms with Gasteiger partial charge in [0, 0.05) is 17.4 Å². The van der Waals surface area contributed by atoms with E-state index >= 15 is 0 Å². The third-order valence-corrected chi connectivity index (χ3v) is 1.49. The van der Waals surface area contributed by atoms with Crippen molar-refractivity contribution in [2.75, 3.05) is 11.5 Å². The van der Waals surface area contributed by atoms with Crippen LogP contribution in [-0.2, 0) is 4.79 Å². The molecule has 0 heterocycles. The smallest absolute Gasteiger partial charge is 0.203 e. The van der Waals surface area contributed by atoms with Crippen LogP contribution in [-0.4, -0.2) is 17.8 Å². The highest BCUT2D eigenvalue weighted by Crippen LogP contribution is 1.95. The molecule has 0 bridgehead atoms. The van der Waals surface area contributed by atoms with Gasteiger partial charge in [0.1, 0.15) is 0 Å². The van der Waals surface area contributed by atoms with E-state index in [9.17, 15) is 4.79 Å². The van der Waals surface area contributed by atoms with Crippen molar-refractivity contribution in [1.29, 1.82) is 0 Å². The second kappa shape index (κ2) is 4.53. The van der Waals surface area contributed by atoms with Crippen LogP contribution in [0.2, 0.25) is 0 Å². The van der Waals surface area contributed by atoms with Crippen LogP contribution >= 0.6 is 25.3 Å². The molecule has 0 aliphatic rings. The molecule has 41 valence electrons. The quantitative estimate of drug-likeness (QED) is 0.541. The fraction of sp³-hybridized carbons (Fsp3) is 0.750. The van der Waals surface area contributed by atoms with Crippen molar-refractivity contribution >= 4 is 31.5 Å². The molecule has 1 radical (unpaired) electrons. The van der Waals surface area contributed by atoms with E-state index in [2.05, 4.69) is 25.3 Å². The van der Waals surface area contributed by atoms with Crippen molar-refractivity contribution in [1.82, 2.24) is 0 Å². The Hall–Kier alpha value is 0.370.